The fraction of sp³-hybridized carbons (Fsp3) is 0.300. The van der Waals surface area contributed by atoms with Crippen LogP contribution in [0.1, 0.15) is 20.7 Å². The fourth-order valence-corrected chi connectivity index (χ4v) is 3.29. The number of anilines is 1. The average molecular weight is 413 g/mol. The van der Waals surface area contributed by atoms with E-state index in [1.807, 2.05) is 0 Å². The number of benzene rings is 2. The molecule has 1 N–H and O–H groups in total. The molecule has 0 aromatic heterocycles. The molecule has 30 heavy (non-hydrogen) atoms. The summed E-state index contributed by atoms with van der Waals surface area (Å²) in [6.45, 7) is 2.53. The number of nitrogens with one attached hydrogen (secondary N) is 1. The summed E-state index contributed by atoms with van der Waals surface area (Å²) >= 11 is 0. The number of ether oxygens (including phenoxy) is 3. The molecule has 10 nitrogen and oxygen atoms in total. The number of carbonyl (C=O) groups is 2. The second-order valence-electron chi connectivity index (χ2n) is 6.71. The van der Waals surface area contributed by atoms with Gasteiger partial charge in [0, 0.05) is 30.4 Å². The number of fused-ring (bicyclic) bond motifs is 1. The van der Waals surface area contributed by atoms with Crippen molar-refractivity contribution in [3.05, 3.63) is 57.6 Å². The number of carbonyl (C=O) groups excluding carboxylic acids is 2. The predicted octanol–water partition coefficient (Wildman–Crippen LogP) is 2.09. The monoisotopic (exact) mass is 413 g/mol. The van der Waals surface area contributed by atoms with Crippen molar-refractivity contribution < 1.29 is 28.7 Å². The van der Waals surface area contributed by atoms with E-state index in [1.54, 1.807) is 29.2 Å². The van der Waals surface area contributed by atoms with Gasteiger partial charge < -0.3 is 24.4 Å². The average Bonchev–Trinajstić information content (AvgIpc) is 2.78. The highest BCUT2D eigenvalue weighted by atomic mass is 16.6. The third-order valence-corrected chi connectivity index (χ3v) is 4.77. The highest BCUT2D eigenvalue weighted by Crippen LogP contribution is 2.36. The molecule has 0 unspecified atom stereocenters. The number of nitrogens with zero attached hydrogens (tertiary/aromatic N) is 2. The first-order valence-corrected chi connectivity index (χ1v) is 9.39. The number of morpholine rings is 1. The summed E-state index contributed by atoms with van der Waals surface area (Å²) in [5.74, 6) is -0.356. The Kier molecular flexibility index (Phi) is 5.48. The summed E-state index contributed by atoms with van der Waals surface area (Å²) < 4.78 is 16.0. The lowest BCUT2D eigenvalue weighted by atomic mass is 10.1. The van der Waals surface area contributed by atoms with Crippen molar-refractivity contribution in [1.29, 1.82) is 0 Å². The number of nitro groups is 1. The molecule has 10 heteroatoms. The Hall–Kier alpha value is -3.66. The van der Waals surface area contributed by atoms with Gasteiger partial charge in [0.1, 0.15) is 18.8 Å². The number of rotatable bonds is 4. The van der Waals surface area contributed by atoms with Crippen molar-refractivity contribution >= 4 is 23.2 Å². The van der Waals surface area contributed by atoms with Crippen LogP contribution < -0.4 is 14.8 Å². The molecule has 0 atom stereocenters. The Morgan fingerprint density at radius 3 is 2.40 bits per heavy atom. The molecule has 0 radical (unpaired) electrons. The van der Waals surface area contributed by atoms with Crippen LogP contribution in [0.5, 0.6) is 11.5 Å². The molecule has 4 rings (SSSR count). The Labute approximate surface area is 171 Å². The largest absolute Gasteiger partial charge is 0.486 e. The first-order chi connectivity index (χ1) is 14.5. The van der Waals surface area contributed by atoms with Crippen molar-refractivity contribution in [2.45, 2.75) is 0 Å². The van der Waals surface area contributed by atoms with Gasteiger partial charge in [-0.15, -0.1) is 0 Å². The first kappa shape index (κ1) is 19.6. The molecule has 1 saturated heterocycles. The zero-order valence-electron chi connectivity index (χ0n) is 16.0. The summed E-state index contributed by atoms with van der Waals surface area (Å²) in [4.78, 5) is 37.9. The quantitative estimate of drug-likeness (QED) is 0.602. The van der Waals surface area contributed by atoms with Gasteiger partial charge in [0.25, 0.3) is 17.5 Å². The molecule has 0 bridgehead atoms. The predicted molar refractivity (Wildman–Crippen MR) is 105 cm³/mol. The van der Waals surface area contributed by atoms with Crippen LogP contribution in [0, 0.1) is 10.1 Å². The molecule has 2 aromatic rings. The summed E-state index contributed by atoms with van der Waals surface area (Å²) in [5, 5.41) is 14.1. The summed E-state index contributed by atoms with van der Waals surface area (Å²) in [5.41, 5.74) is 0.209. The van der Waals surface area contributed by atoms with Crippen LogP contribution in [0.15, 0.2) is 36.4 Å². The molecule has 2 aliphatic rings. The van der Waals surface area contributed by atoms with Gasteiger partial charge in [-0.3, -0.25) is 19.7 Å². The zero-order valence-corrected chi connectivity index (χ0v) is 16.0. The van der Waals surface area contributed by atoms with E-state index in [9.17, 15) is 19.7 Å². The van der Waals surface area contributed by atoms with E-state index in [-0.39, 0.29) is 36.2 Å². The van der Waals surface area contributed by atoms with Crippen molar-refractivity contribution in [2.24, 2.45) is 0 Å². The normalized spacial score (nSPS) is 15.4. The minimum absolute atomic E-state index is 0.158. The van der Waals surface area contributed by atoms with Crippen LogP contribution in [0.4, 0.5) is 11.4 Å². The highest BCUT2D eigenvalue weighted by molar-refractivity contribution is 6.08. The third kappa shape index (κ3) is 4.03. The van der Waals surface area contributed by atoms with Crippen LogP contribution >= 0.6 is 0 Å². The number of hydrogen-bond donors (Lipinski definition) is 1. The van der Waals surface area contributed by atoms with E-state index in [4.69, 9.17) is 14.2 Å². The second kappa shape index (κ2) is 8.37. The number of amides is 2. The Balaban J connectivity index is 1.57. The minimum atomic E-state index is -0.686. The molecular weight excluding hydrogens is 394 g/mol. The molecule has 0 spiro atoms. The van der Waals surface area contributed by atoms with Crippen molar-refractivity contribution in [3.63, 3.8) is 0 Å². The van der Waals surface area contributed by atoms with E-state index in [0.29, 0.717) is 37.6 Å². The number of nitro benzene ring substituents is 1. The van der Waals surface area contributed by atoms with Gasteiger partial charge in [-0.05, 0) is 18.2 Å². The van der Waals surface area contributed by atoms with Gasteiger partial charge in [-0.1, -0.05) is 6.07 Å². The van der Waals surface area contributed by atoms with Crippen molar-refractivity contribution in [3.8, 4) is 11.5 Å². The smallest absolute Gasteiger partial charge is 0.286 e. The van der Waals surface area contributed by atoms with E-state index >= 15 is 0 Å². The van der Waals surface area contributed by atoms with Gasteiger partial charge in [0.2, 0.25) is 0 Å². The maximum absolute atomic E-state index is 12.8. The molecule has 2 amide bonds. The topological polar surface area (TPSA) is 120 Å². The molecule has 0 saturated carbocycles. The molecule has 2 aromatic carbocycles. The van der Waals surface area contributed by atoms with Gasteiger partial charge in [0.05, 0.1) is 24.2 Å². The van der Waals surface area contributed by atoms with Crippen molar-refractivity contribution in [1.82, 2.24) is 4.90 Å². The van der Waals surface area contributed by atoms with Crippen LogP contribution in [0.2, 0.25) is 0 Å². The Morgan fingerprint density at radius 2 is 1.70 bits per heavy atom. The van der Waals surface area contributed by atoms with Crippen LogP contribution in [0.25, 0.3) is 0 Å². The minimum Gasteiger partial charge on any atom is -0.486 e. The molecule has 1 fully saturated rings. The van der Waals surface area contributed by atoms with Gasteiger partial charge >= 0.3 is 0 Å². The van der Waals surface area contributed by atoms with Crippen LogP contribution in [-0.4, -0.2) is 61.2 Å². The third-order valence-electron chi connectivity index (χ3n) is 4.77. The van der Waals surface area contributed by atoms with Gasteiger partial charge in [-0.2, -0.15) is 0 Å². The molecule has 2 heterocycles. The Bertz CT molecular complexity index is 1000. The summed E-state index contributed by atoms with van der Waals surface area (Å²) in [6, 6.07) is 8.92. The van der Waals surface area contributed by atoms with Crippen LogP contribution in [0.3, 0.4) is 0 Å². The maximum Gasteiger partial charge on any atom is 0.286 e. The van der Waals surface area contributed by atoms with Gasteiger partial charge in [-0.25, -0.2) is 0 Å². The Morgan fingerprint density at radius 1 is 1.00 bits per heavy atom. The van der Waals surface area contributed by atoms with E-state index in [1.165, 1.54) is 12.1 Å². The molecule has 156 valence electrons. The van der Waals surface area contributed by atoms with E-state index in [2.05, 4.69) is 5.32 Å². The van der Waals surface area contributed by atoms with Crippen molar-refractivity contribution in [2.75, 3.05) is 44.8 Å². The lowest BCUT2D eigenvalue weighted by Crippen LogP contribution is -2.40. The maximum atomic E-state index is 12.8. The fourth-order valence-electron chi connectivity index (χ4n) is 3.29. The van der Waals surface area contributed by atoms with E-state index in [0.717, 1.165) is 0 Å². The SMILES string of the molecule is O=C(Nc1cccc(C(=O)N2CCOCC2)c1)c1cc2c(cc1[N+](=O)[O-])OCCO2. The first-order valence-electron chi connectivity index (χ1n) is 9.39. The molecular formula is C20H19N3O7. The lowest BCUT2D eigenvalue weighted by Gasteiger charge is -2.27. The molecule has 0 aliphatic carbocycles. The van der Waals surface area contributed by atoms with Gasteiger partial charge in [0.15, 0.2) is 11.5 Å². The highest BCUT2D eigenvalue weighted by Gasteiger charge is 2.27. The summed E-state index contributed by atoms with van der Waals surface area (Å²) in [7, 11) is 0. The molecule has 2 aliphatic heterocycles. The van der Waals surface area contributed by atoms with E-state index < -0.39 is 16.5 Å². The number of hydrogen-bond acceptors (Lipinski definition) is 7. The van der Waals surface area contributed by atoms with Crippen LogP contribution in [-0.2, 0) is 4.74 Å². The second-order valence-corrected chi connectivity index (χ2v) is 6.71. The summed E-state index contributed by atoms with van der Waals surface area (Å²) in [6.07, 6.45) is 0. The lowest BCUT2D eigenvalue weighted by molar-refractivity contribution is -0.385. The zero-order chi connectivity index (χ0) is 21.1. The standard InChI is InChI=1S/C20H19N3O7/c24-19(15-11-17-18(30-9-8-29-17)12-16(15)23(26)27)21-14-3-1-2-13(10-14)20(25)22-4-6-28-7-5-22/h1-3,10-12H,4-9H2,(H,21,24).